The predicted octanol–water partition coefficient (Wildman–Crippen LogP) is 5.60. The fourth-order valence-corrected chi connectivity index (χ4v) is 10.4. The molecule has 0 saturated heterocycles. The Morgan fingerprint density at radius 1 is 1.10 bits per heavy atom. The molecule has 6 rings (SSSR count). The number of nitro benzene ring substituents is 1. The molecule has 11 heteroatoms. The number of anilines is 1. The standard InChI is InChI=1S/C31H40N4O7/c1-17(37)22-6-7-23-21-5-4-18-14-19(10-12-30(18,2)24(21)11-13-31(22,23)3)34(20(16-36)15-27(38)39)25-8-9-26(35(40)41)29-28(25)32-42-33-29/h8-9,16,18-24H,4-7,10-15H2,1-3H3,(H,38,39)/t18-,19-,20-,21?,22+,23?,24?,30-,31+/m0/s1. The Labute approximate surface area is 244 Å². The first-order valence-electron chi connectivity index (χ1n) is 15.3. The monoisotopic (exact) mass is 580 g/mol. The third kappa shape index (κ3) is 4.33. The fraction of sp³-hybridized carbons (Fsp3) is 0.710. The van der Waals surface area contributed by atoms with Crippen LogP contribution in [0.1, 0.15) is 85.0 Å². The molecule has 1 heterocycles. The molecule has 4 fully saturated rings. The number of ketones is 1. The van der Waals surface area contributed by atoms with Crippen molar-refractivity contribution in [3.05, 3.63) is 22.2 Å². The normalized spacial score (nSPS) is 36.4. The van der Waals surface area contributed by atoms with Crippen LogP contribution < -0.4 is 4.90 Å². The lowest BCUT2D eigenvalue weighted by atomic mass is 9.44. The van der Waals surface area contributed by atoms with E-state index in [0.717, 1.165) is 57.8 Å². The number of hydrogen-bond acceptors (Lipinski definition) is 9. The number of rotatable bonds is 8. The lowest BCUT2D eigenvalue weighted by molar-refractivity contribution is -0.383. The van der Waals surface area contributed by atoms with E-state index < -0.39 is 23.4 Å². The summed E-state index contributed by atoms with van der Waals surface area (Å²) in [6.07, 6.45) is 9.33. The summed E-state index contributed by atoms with van der Waals surface area (Å²) in [7, 11) is 0. The van der Waals surface area contributed by atoms with Gasteiger partial charge in [-0.05, 0) is 116 Å². The van der Waals surface area contributed by atoms with Crippen molar-refractivity contribution in [3.8, 4) is 0 Å². The minimum atomic E-state index is -1.10. The molecule has 4 saturated carbocycles. The number of aliphatic carboxylic acids is 1. The number of benzene rings is 1. The second-order valence-corrected chi connectivity index (χ2v) is 13.9. The van der Waals surface area contributed by atoms with E-state index in [-0.39, 0.29) is 39.5 Å². The van der Waals surface area contributed by atoms with E-state index in [4.69, 9.17) is 4.63 Å². The summed E-state index contributed by atoms with van der Waals surface area (Å²) in [5.74, 6) is 1.61. The summed E-state index contributed by atoms with van der Waals surface area (Å²) in [6, 6.07) is 1.76. The number of aldehydes is 1. The molecule has 42 heavy (non-hydrogen) atoms. The first-order valence-corrected chi connectivity index (χ1v) is 15.3. The van der Waals surface area contributed by atoms with E-state index in [0.29, 0.717) is 41.4 Å². The quantitative estimate of drug-likeness (QED) is 0.237. The Balaban J connectivity index is 1.31. The molecule has 0 bridgehead atoms. The maximum absolute atomic E-state index is 12.5. The van der Waals surface area contributed by atoms with E-state index in [2.05, 4.69) is 24.2 Å². The van der Waals surface area contributed by atoms with Crippen LogP contribution in [0.4, 0.5) is 11.4 Å². The molecular weight excluding hydrogens is 540 g/mol. The van der Waals surface area contributed by atoms with E-state index in [9.17, 15) is 29.6 Å². The van der Waals surface area contributed by atoms with Gasteiger partial charge in [0, 0.05) is 18.0 Å². The average Bonchev–Trinajstić information content (AvgIpc) is 3.57. The van der Waals surface area contributed by atoms with Crippen LogP contribution in [0.2, 0.25) is 0 Å². The molecule has 1 N–H and O–H groups in total. The van der Waals surface area contributed by atoms with Crippen LogP contribution in [-0.2, 0) is 14.4 Å². The van der Waals surface area contributed by atoms with Crippen molar-refractivity contribution in [2.45, 2.75) is 97.1 Å². The maximum Gasteiger partial charge on any atom is 0.305 e. The van der Waals surface area contributed by atoms with E-state index >= 15 is 0 Å². The van der Waals surface area contributed by atoms with E-state index in [1.54, 1.807) is 13.0 Å². The van der Waals surface area contributed by atoms with Gasteiger partial charge in [-0.25, -0.2) is 4.63 Å². The summed E-state index contributed by atoms with van der Waals surface area (Å²) in [5, 5.41) is 29.0. The topological polar surface area (TPSA) is 157 Å². The maximum atomic E-state index is 12.5. The second kappa shape index (κ2) is 10.4. The number of aromatic nitrogens is 2. The summed E-state index contributed by atoms with van der Waals surface area (Å²) in [4.78, 5) is 49.6. The van der Waals surface area contributed by atoms with Gasteiger partial charge in [-0.15, -0.1) is 0 Å². The Morgan fingerprint density at radius 3 is 2.50 bits per heavy atom. The van der Waals surface area contributed by atoms with Gasteiger partial charge < -0.3 is 14.8 Å². The summed E-state index contributed by atoms with van der Waals surface area (Å²) in [6.45, 7) is 6.57. The van der Waals surface area contributed by atoms with Crippen LogP contribution in [0, 0.1) is 50.5 Å². The Morgan fingerprint density at radius 2 is 1.81 bits per heavy atom. The lowest BCUT2D eigenvalue weighted by Crippen LogP contribution is -2.57. The molecule has 3 unspecified atom stereocenters. The molecule has 0 amide bonds. The van der Waals surface area contributed by atoms with Crippen molar-refractivity contribution >= 4 is 40.4 Å². The smallest absolute Gasteiger partial charge is 0.305 e. The Kier molecular flexibility index (Phi) is 7.13. The van der Waals surface area contributed by atoms with Crippen LogP contribution in [0.25, 0.3) is 11.0 Å². The molecule has 226 valence electrons. The van der Waals surface area contributed by atoms with Crippen molar-refractivity contribution in [3.63, 3.8) is 0 Å². The number of nitro groups is 1. The van der Waals surface area contributed by atoms with E-state index in [1.165, 1.54) is 6.07 Å². The van der Waals surface area contributed by atoms with Gasteiger partial charge in [-0.1, -0.05) is 13.8 Å². The van der Waals surface area contributed by atoms with Gasteiger partial charge >= 0.3 is 11.7 Å². The second-order valence-electron chi connectivity index (χ2n) is 13.9. The van der Waals surface area contributed by atoms with Crippen molar-refractivity contribution in [2.24, 2.45) is 40.4 Å². The average molecular weight is 581 g/mol. The van der Waals surface area contributed by atoms with Crippen LogP contribution in [0.15, 0.2) is 16.8 Å². The number of carbonyl (C=O) groups is 3. The van der Waals surface area contributed by atoms with Gasteiger partial charge in [0.25, 0.3) is 0 Å². The van der Waals surface area contributed by atoms with E-state index in [1.807, 2.05) is 4.90 Å². The number of hydrogen-bond donors (Lipinski definition) is 1. The Hall–Kier alpha value is -3.37. The summed E-state index contributed by atoms with van der Waals surface area (Å²) in [5.41, 5.74) is 0.552. The van der Waals surface area contributed by atoms with Crippen molar-refractivity contribution in [1.82, 2.24) is 10.3 Å². The predicted molar refractivity (Wildman–Crippen MR) is 153 cm³/mol. The highest BCUT2D eigenvalue weighted by atomic mass is 16.6. The minimum Gasteiger partial charge on any atom is -0.481 e. The molecule has 1 aromatic heterocycles. The fourth-order valence-electron chi connectivity index (χ4n) is 10.4. The zero-order valence-electron chi connectivity index (χ0n) is 24.5. The number of non-ortho nitro benzene ring substituents is 1. The van der Waals surface area contributed by atoms with Crippen molar-refractivity contribution < 1.29 is 29.0 Å². The number of nitrogens with zero attached hydrogens (tertiary/aromatic N) is 4. The minimum absolute atomic E-state index is 0.0192. The molecular formula is C31H40N4O7. The zero-order chi connectivity index (χ0) is 30.0. The third-order valence-corrected chi connectivity index (χ3v) is 12.3. The SMILES string of the molecule is CC(=O)[C@H]1CCC2C3CC[C@H]4C[C@@H](N(c5ccc([N+](=O)[O-])c6nonc56)[C@H](C=O)CC(=O)O)CC[C@]4(C)C3CC[C@@]21C. The van der Waals surface area contributed by atoms with Crippen LogP contribution in [0.3, 0.4) is 0 Å². The molecule has 4 aliphatic carbocycles. The number of carboxylic acid groups (broad SMARTS) is 1. The molecule has 0 radical (unpaired) electrons. The number of carboxylic acids is 1. The highest BCUT2D eigenvalue weighted by Gasteiger charge is 2.61. The van der Waals surface area contributed by atoms with Gasteiger partial charge in [0.15, 0.2) is 5.52 Å². The molecule has 0 spiro atoms. The molecule has 9 atom stereocenters. The highest BCUT2D eigenvalue weighted by Crippen LogP contribution is 2.67. The number of carbonyl (C=O) groups excluding carboxylic acids is 2. The zero-order valence-corrected chi connectivity index (χ0v) is 24.5. The van der Waals surface area contributed by atoms with Gasteiger partial charge in [-0.3, -0.25) is 19.7 Å². The lowest BCUT2D eigenvalue weighted by Gasteiger charge is -2.61. The van der Waals surface area contributed by atoms with Crippen LogP contribution >= 0.6 is 0 Å². The van der Waals surface area contributed by atoms with Gasteiger partial charge in [0.2, 0.25) is 5.52 Å². The summed E-state index contributed by atoms with van der Waals surface area (Å²) < 4.78 is 4.90. The molecule has 1 aromatic carbocycles. The van der Waals surface area contributed by atoms with Crippen LogP contribution in [0.5, 0.6) is 0 Å². The molecule has 11 nitrogen and oxygen atoms in total. The molecule has 2 aromatic rings. The van der Waals surface area contributed by atoms with Gasteiger partial charge in [0.1, 0.15) is 12.1 Å². The Bertz CT molecular complexity index is 1430. The van der Waals surface area contributed by atoms with Gasteiger partial charge in [-0.2, -0.15) is 0 Å². The summed E-state index contributed by atoms with van der Waals surface area (Å²) >= 11 is 0. The molecule has 0 aliphatic heterocycles. The largest absolute Gasteiger partial charge is 0.481 e. The van der Waals surface area contributed by atoms with Crippen molar-refractivity contribution in [2.75, 3.05) is 4.90 Å². The third-order valence-electron chi connectivity index (χ3n) is 12.3. The molecule has 4 aliphatic rings. The van der Waals surface area contributed by atoms with Crippen LogP contribution in [-0.4, -0.2) is 50.5 Å². The highest BCUT2D eigenvalue weighted by molar-refractivity contribution is 5.95. The number of fused-ring (bicyclic) bond motifs is 6. The van der Waals surface area contributed by atoms with Gasteiger partial charge in [0.05, 0.1) is 23.1 Å². The first kappa shape index (κ1) is 28.7. The number of Topliss-reactive ketones (excluding diaryl/α,β-unsaturated/α-hetero) is 1. The van der Waals surface area contributed by atoms with Crippen molar-refractivity contribution in [1.29, 1.82) is 0 Å². The first-order chi connectivity index (χ1) is 20.0.